The highest BCUT2D eigenvalue weighted by Crippen LogP contribution is 2.49. The van der Waals surface area contributed by atoms with Crippen LogP contribution in [0.15, 0.2) is 0 Å². The summed E-state index contributed by atoms with van der Waals surface area (Å²) in [7, 11) is 0. The van der Waals surface area contributed by atoms with Crippen LogP contribution >= 0.6 is 22.9 Å². The van der Waals surface area contributed by atoms with E-state index in [0.717, 1.165) is 29.2 Å². The largest absolute Gasteiger partial charge is 0.144 e. The van der Waals surface area contributed by atoms with Gasteiger partial charge in [0.25, 0.3) is 0 Å². The van der Waals surface area contributed by atoms with E-state index < -0.39 is 0 Å². The van der Waals surface area contributed by atoms with Crippen LogP contribution in [0.4, 0.5) is 0 Å². The number of alkyl halides is 1. The Morgan fingerprint density at radius 3 is 2.67 bits per heavy atom. The minimum atomic E-state index is 0.508. The first-order valence-electron chi connectivity index (χ1n) is 5.72. The summed E-state index contributed by atoms with van der Waals surface area (Å²) in [5.74, 6) is 3.41. The molecule has 3 unspecified atom stereocenters. The minimum absolute atomic E-state index is 0.508. The quantitative estimate of drug-likeness (QED) is 0.761. The first kappa shape index (κ1) is 10.0. The van der Waals surface area contributed by atoms with Crippen molar-refractivity contribution in [2.45, 2.75) is 38.0 Å². The molecule has 0 amide bonds. The zero-order valence-corrected chi connectivity index (χ0v) is 10.2. The van der Waals surface area contributed by atoms with E-state index in [-0.39, 0.29) is 0 Å². The van der Waals surface area contributed by atoms with Crippen molar-refractivity contribution in [1.29, 1.82) is 0 Å². The van der Waals surface area contributed by atoms with Crippen molar-refractivity contribution in [3.05, 3.63) is 10.0 Å². The van der Waals surface area contributed by atoms with E-state index in [1.54, 1.807) is 11.3 Å². The van der Waals surface area contributed by atoms with Gasteiger partial charge in [-0.15, -0.1) is 33.1 Å². The molecular formula is C11H15ClN2S. The van der Waals surface area contributed by atoms with Crippen molar-refractivity contribution in [3.63, 3.8) is 0 Å². The monoisotopic (exact) mass is 242 g/mol. The van der Waals surface area contributed by atoms with Gasteiger partial charge in [0.1, 0.15) is 10.0 Å². The molecule has 2 fully saturated rings. The number of rotatable bonds is 3. The molecule has 2 bridgehead atoms. The molecule has 0 N–H and O–H groups in total. The summed E-state index contributed by atoms with van der Waals surface area (Å²) in [5, 5.41) is 10.5. The summed E-state index contributed by atoms with van der Waals surface area (Å²) in [5.41, 5.74) is 0. The molecule has 2 aliphatic rings. The average molecular weight is 243 g/mol. The van der Waals surface area contributed by atoms with Gasteiger partial charge in [-0.05, 0) is 37.0 Å². The van der Waals surface area contributed by atoms with E-state index in [1.807, 2.05) is 0 Å². The number of hydrogen-bond acceptors (Lipinski definition) is 3. The van der Waals surface area contributed by atoms with E-state index in [1.165, 1.54) is 30.7 Å². The van der Waals surface area contributed by atoms with Crippen LogP contribution in [-0.2, 0) is 12.3 Å². The fraction of sp³-hybridized carbons (Fsp3) is 0.818. The molecule has 15 heavy (non-hydrogen) atoms. The molecule has 3 rings (SSSR count). The van der Waals surface area contributed by atoms with Gasteiger partial charge >= 0.3 is 0 Å². The lowest BCUT2D eigenvalue weighted by atomic mass is 9.87. The predicted octanol–water partition coefficient (Wildman–Crippen LogP) is 3.26. The van der Waals surface area contributed by atoms with Gasteiger partial charge in [0, 0.05) is 6.42 Å². The van der Waals surface area contributed by atoms with Crippen LogP contribution in [0.25, 0.3) is 0 Å². The van der Waals surface area contributed by atoms with Gasteiger partial charge in [-0.25, -0.2) is 0 Å². The summed E-state index contributed by atoms with van der Waals surface area (Å²) >= 11 is 7.42. The van der Waals surface area contributed by atoms with Crippen LogP contribution in [0.1, 0.15) is 35.7 Å². The second-order valence-corrected chi connectivity index (χ2v) is 6.28. The third-order valence-corrected chi connectivity index (χ3v) is 5.30. The maximum atomic E-state index is 5.73. The maximum absolute atomic E-state index is 5.73. The Morgan fingerprint density at radius 1 is 1.20 bits per heavy atom. The van der Waals surface area contributed by atoms with Crippen molar-refractivity contribution in [2.24, 2.45) is 17.8 Å². The van der Waals surface area contributed by atoms with E-state index >= 15 is 0 Å². The molecule has 0 saturated heterocycles. The van der Waals surface area contributed by atoms with Crippen LogP contribution in [-0.4, -0.2) is 10.2 Å². The van der Waals surface area contributed by atoms with Gasteiger partial charge in [-0.1, -0.05) is 6.42 Å². The van der Waals surface area contributed by atoms with E-state index in [0.29, 0.717) is 5.88 Å². The molecule has 0 aromatic carbocycles. The molecule has 3 atom stereocenters. The Kier molecular flexibility index (Phi) is 2.69. The molecule has 0 spiro atoms. The van der Waals surface area contributed by atoms with Crippen molar-refractivity contribution in [1.82, 2.24) is 10.2 Å². The maximum Gasteiger partial charge on any atom is 0.132 e. The van der Waals surface area contributed by atoms with Crippen molar-refractivity contribution in [2.75, 3.05) is 0 Å². The van der Waals surface area contributed by atoms with Crippen molar-refractivity contribution in [3.8, 4) is 0 Å². The first-order chi connectivity index (χ1) is 7.35. The third-order valence-electron chi connectivity index (χ3n) is 3.94. The molecule has 1 aromatic rings. The van der Waals surface area contributed by atoms with Gasteiger partial charge in [0.05, 0.1) is 5.88 Å². The molecule has 2 aliphatic carbocycles. The molecule has 1 heterocycles. The average Bonchev–Trinajstić information content (AvgIpc) is 2.92. The fourth-order valence-corrected chi connectivity index (χ4v) is 4.28. The molecule has 4 heteroatoms. The van der Waals surface area contributed by atoms with Crippen molar-refractivity contribution < 1.29 is 0 Å². The molecule has 1 aromatic heterocycles. The highest BCUT2D eigenvalue weighted by atomic mass is 35.5. The third kappa shape index (κ3) is 1.92. The van der Waals surface area contributed by atoms with Gasteiger partial charge in [-0.3, -0.25) is 0 Å². The van der Waals surface area contributed by atoms with E-state index in [4.69, 9.17) is 11.6 Å². The lowest BCUT2D eigenvalue weighted by molar-refractivity contribution is 0.331. The van der Waals surface area contributed by atoms with E-state index in [2.05, 4.69) is 10.2 Å². The number of hydrogen-bond donors (Lipinski definition) is 0. The zero-order chi connectivity index (χ0) is 10.3. The number of aromatic nitrogens is 2. The smallest absolute Gasteiger partial charge is 0.132 e. The second-order valence-electron chi connectivity index (χ2n) is 4.86. The Labute approximate surface area is 99.1 Å². The number of fused-ring (bicyclic) bond motifs is 2. The Bertz CT molecular complexity index is 352. The summed E-state index contributed by atoms with van der Waals surface area (Å²) in [6, 6.07) is 0. The number of halogens is 1. The van der Waals surface area contributed by atoms with Gasteiger partial charge in [0.15, 0.2) is 0 Å². The summed E-state index contributed by atoms with van der Waals surface area (Å²) in [6.07, 6.45) is 6.99. The summed E-state index contributed by atoms with van der Waals surface area (Å²) < 4.78 is 0. The lowest BCUT2D eigenvalue weighted by Crippen LogP contribution is -2.12. The SMILES string of the molecule is ClCc1nnc(CC2CC3CCC2C3)s1. The van der Waals surface area contributed by atoms with E-state index in [9.17, 15) is 0 Å². The molecular weight excluding hydrogens is 228 g/mol. The lowest BCUT2D eigenvalue weighted by Gasteiger charge is -2.19. The van der Waals surface area contributed by atoms with Crippen LogP contribution < -0.4 is 0 Å². The minimum Gasteiger partial charge on any atom is -0.144 e. The Hall–Kier alpha value is -0.150. The summed E-state index contributed by atoms with van der Waals surface area (Å²) in [6.45, 7) is 0. The Morgan fingerprint density at radius 2 is 2.07 bits per heavy atom. The highest BCUT2D eigenvalue weighted by Gasteiger charge is 2.39. The normalized spacial score (nSPS) is 33.8. The van der Waals surface area contributed by atoms with Crippen LogP contribution in [0.5, 0.6) is 0 Å². The van der Waals surface area contributed by atoms with Crippen molar-refractivity contribution >= 4 is 22.9 Å². The van der Waals surface area contributed by atoms with Gasteiger partial charge in [0.2, 0.25) is 0 Å². The molecule has 0 aliphatic heterocycles. The second kappa shape index (κ2) is 4.02. The topological polar surface area (TPSA) is 25.8 Å². The van der Waals surface area contributed by atoms with Gasteiger partial charge < -0.3 is 0 Å². The molecule has 0 radical (unpaired) electrons. The molecule has 2 saturated carbocycles. The van der Waals surface area contributed by atoms with Crippen LogP contribution in [0, 0.1) is 17.8 Å². The highest BCUT2D eigenvalue weighted by molar-refractivity contribution is 7.11. The van der Waals surface area contributed by atoms with Crippen LogP contribution in [0.2, 0.25) is 0 Å². The first-order valence-corrected chi connectivity index (χ1v) is 7.07. The van der Waals surface area contributed by atoms with Gasteiger partial charge in [-0.2, -0.15) is 0 Å². The zero-order valence-electron chi connectivity index (χ0n) is 8.66. The fourth-order valence-electron chi connectivity index (χ4n) is 3.28. The predicted molar refractivity (Wildman–Crippen MR) is 62.1 cm³/mol. The summed E-state index contributed by atoms with van der Waals surface area (Å²) in [4.78, 5) is 0. The molecule has 2 nitrogen and oxygen atoms in total. The molecule has 82 valence electrons. The Balaban J connectivity index is 1.65. The van der Waals surface area contributed by atoms with Crippen LogP contribution in [0.3, 0.4) is 0 Å². The standard InChI is InChI=1S/C11H15ClN2S/c12-6-11-14-13-10(15-11)5-9-4-7-1-2-8(9)3-7/h7-9H,1-6H2. The number of nitrogens with zero attached hydrogens (tertiary/aromatic N) is 2.